The third-order valence-electron chi connectivity index (χ3n) is 3.80. The van der Waals surface area contributed by atoms with Crippen molar-refractivity contribution >= 4 is 46.5 Å². The van der Waals surface area contributed by atoms with Gasteiger partial charge in [0.2, 0.25) is 0 Å². The Hall–Kier alpha value is -2.77. The summed E-state index contributed by atoms with van der Waals surface area (Å²) in [6, 6.07) is 13.3. The van der Waals surface area contributed by atoms with E-state index in [2.05, 4.69) is 5.32 Å². The summed E-state index contributed by atoms with van der Waals surface area (Å²) in [5, 5.41) is 11.7. The van der Waals surface area contributed by atoms with Crippen molar-refractivity contribution in [3.8, 4) is 5.75 Å². The fraction of sp³-hybridized carbons (Fsp3) is 0.105. The van der Waals surface area contributed by atoms with Crippen molar-refractivity contribution in [3.63, 3.8) is 0 Å². The average molecular weight is 403 g/mol. The Morgan fingerprint density at radius 2 is 1.93 bits per heavy atom. The van der Waals surface area contributed by atoms with Crippen molar-refractivity contribution < 1.29 is 19.5 Å². The smallest absolute Gasteiger partial charge is 0.293 e. The first-order chi connectivity index (χ1) is 13.0. The number of imide groups is 1. The molecule has 0 atom stereocenters. The molecule has 1 aliphatic heterocycles. The minimum atomic E-state index is -0.413. The molecule has 0 unspecified atom stereocenters. The number of phenolic OH excluding ortho intramolecular Hbond substituents is 1. The minimum absolute atomic E-state index is 0.0638. The van der Waals surface area contributed by atoms with Crippen LogP contribution in [-0.4, -0.2) is 40.1 Å². The summed E-state index contributed by atoms with van der Waals surface area (Å²) in [6.07, 6.45) is 1.67. The van der Waals surface area contributed by atoms with Crippen LogP contribution in [0.25, 0.3) is 6.08 Å². The molecule has 0 aromatic heterocycles. The molecule has 0 bridgehead atoms. The predicted octanol–water partition coefficient (Wildman–Crippen LogP) is 3.51. The van der Waals surface area contributed by atoms with Crippen molar-refractivity contribution in [2.45, 2.75) is 0 Å². The van der Waals surface area contributed by atoms with Crippen molar-refractivity contribution in [2.24, 2.45) is 0 Å². The van der Waals surface area contributed by atoms with E-state index >= 15 is 0 Å². The molecule has 3 rings (SSSR count). The zero-order valence-corrected chi connectivity index (χ0v) is 15.6. The molecule has 1 aliphatic rings. The number of hydrogen-bond donors (Lipinski definition) is 2. The van der Waals surface area contributed by atoms with E-state index in [0.717, 1.165) is 22.2 Å². The van der Waals surface area contributed by atoms with Gasteiger partial charge in [-0.3, -0.25) is 19.3 Å². The van der Waals surface area contributed by atoms with Crippen LogP contribution in [0.3, 0.4) is 0 Å². The van der Waals surface area contributed by atoms with Gasteiger partial charge in [-0.15, -0.1) is 0 Å². The normalized spacial score (nSPS) is 15.4. The molecule has 0 spiro atoms. The van der Waals surface area contributed by atoms with Gasteiger partial charge in [0.25, 0.3) is 17.1 Å². The Kier molecular flexibility index (Phi) is 5.83. The molecule has 0 aliphatic carbocycles. The zero-order chi connectivity index (χ0) is 19.4. The van der Waals surface area contributed by atoms with Crippen molar-refractivity contribution in [1.82, 2.24) is 10.2 Å². The van der Waals surface area contributed by atoms with Crippen LogP contribution >= 0.6 is 23.4 Å². The summed E-state index contributed by atoms with van der Waals surface area (Å²) in [4.78, 5) is 38.0. The number of carbonyl (C=O) groups is 3. The van der Waals surface area contributed by atoms with E-state index < -0.39 is 5.91 Å². The van der Waals surface area contributed by atoms with Crippen LogP contribution < -0.4 is 5.32 Å². The number of benzene rings is 2. The first kappa shape index (κ1) is 19.0. The molecule has 27 heavy (non-hydrogen) atoms. The van der Waals surface area contributed by atoms with Crippen LogP contribution in [0.4, 0.5) is 4.79 Å². The van der Waals surface area contributed by atoms with Gasteiger partial charge in [0, 0.05) is 18.7 Å². The summed E-state index contributed by atoms with van der Waals surface area (Å²) in [7, 11) is 0. The van der Waals surface area contributed by atoms with Crippen molar-refractivity contribution in [2.75, 3.05) is 13.1 Å². The highest BCUT2D eigenvalue weighted by molar-refractivity contribution is 8.18. The molecule has 1 heterocycles. The number of carbonyl (C=O) groups excluding carboxylic acids is 3. The van der Waals surface area contributed by atoms with E-state index in [-0.39, 0.29) is 40.6 Å². The number of hydrogen-bond acceptors (Lipinski definition) is 5. The summed E-state index contributed by atoms with van der Waals surface area (Å²) in [5.74, 6) is -0.907. The maximum absolute atomic E-state index is 12.4. The lowest BCUT2D eigenvalue weighted by molar-refractivity contribution is -0.122. The Morgan fingerprint density at radius 1 is 1.19 bits per heavy atom. The van der Waals surface area contributed by atoms with Gasteiger partial charge in [-0.05, 0) is 41.6 Å². The SMILES string of the molecule is O=C(NCCN1C(=O)SC(=Cc2ccccc2)C1=O)c1ccc(O)c(Cl)c1. The standard InChI is InChI=1S/C19H15ClN2O4S/c20-14-11-13(6-7-15(14)23)17(24)21-8-9-22-18(25)16(27-19(22)26)10-12-4-2-1-3-5-12/h1-7,10-11,23H,8-9H2,(H,21,24). The van der Waals surface area contributed by atoms with Gasteiger partial charge in [-0.25, -0.2) is 0 Å². The highest BCUT2D eigenvalue weighted by Crippen LogP contribution is 2.31. The predicted molar refractivity (Wildman–Crippen MR) is 105 cm³/mol. The number of thioether (sulfide) groups is 1. The van der Waals surface area contributed by atoms with E-state index in [1.54, 1.807) is 6.08 Å². The molecule has 8 heteroatoms. The Balaban J connectivity index is 1.58. The molecule has 0 radical (unpaired) electrons. The van der Waals surface area contributed by atoms with E-state index in [0.29, 0.717) is 4.91 Å². The second-order valence-corrected chi connectivity index (χ2v) is 7.07. The van der Waals surface area contributed by atoms with E-state index in [4.69, 9.17) is 11.6 Å². The van der Waals surface area contributed by atoms with E-state index in [1.165, 1.54) is 18.2 Å². The van der Waals surface area contributed by atoms with Gasteiger partial charge in [0.1, 0.15) is 5.75 Å². The first-order valence-corrected chi connectivity index (χ1v) is 9.22. The van der Waals surface area contributed by atoms with Gasteiger partial charge < -0.3 is 10.4 Å². The topological polar surface area (TPSA) is 86.7 Å². The summed E-state index contributed by atoms with van der Waals surface area (Å²) in [6.45, 7) is 0.169. The summed E-state index contributed by atoms with van der Waals surface area (Å²) < 4.78 is 0. The molecule has 6 nitrogen and oxygen atoms in total. The molecule has 3 amide bonds. The lowest BCUT2D eigenvalue weighted by atomic mass is 10.2. The molecular weight excluding hydrogens is 388 g/mol. The molecule has 0 saturated carbocycles. The Morgan fingerprint density at radius 3 is 2.63 bits per heavy atom. The van der Waals surface area contributed by atoms with Crippen LogP contribution in [0.5, 0.6) is 5.75 Å². The lowest BCUT2D eigenvalue weighted by Crippen LogP contribution is -2.37. The van der Waals surface area contributed by atoms with Crippen molar-refractivity contribution in [1.29, 1.82) is 0 Å². The molecule has 2 aromatic rings. The van der Waals surface area contributed by atoms with Crippen LogP contribution in [0, 0.1) is 0 Å². The maximum Gasteiger partial charge on any atom is 0.293 e. The fourth-order valence-corrected chi connectivity index (χ4v) is 3.47. The Bertz CT molecular complexity index is 931. The number of halogens is 1. The van der Waals surface area contributed by atoms with Gasteiger partial charge in [-0.2, -0.15) is 0 Å². The van der Waals surface area contributed by atoms with Crippen molar-refractivity contribution in [3.05, 3.63) is 69.6 Å². The number of phenols is 1. The van der Waals surface area contributed by atoms with Crippen LogP contribution in [0.15, 0.2) is 53.4 Å². The second kappa shape index (κ2) is 8.28. The highest BCUT2D eigenvalue weighted by atomic mass is 35.5. The van der Waals surface area contributed by atoms with Gasteiger partial charge in [-0.1, -0.05) is 41.9 Å². The van der Waals surface area contributed by atoms with Crippen LogP contribution in [0.1, 0.15) is 15.9 Å². The molecule has 1 saturated heterocycles. The van der Waals surface area contributed by atoms with E-state index in [1.807, 2.05) is 30.3 Å². The number of nitrogens with one attached hydrogen (secondary N) is 1. The molecule has 1 fully saturated rings. The molecule has 138 valence electrons. The minimum Gasteiger partial charge on any atom is -0.506 e. The second-order valence-electron chi connectivity index (χ2n) is 5.67. The summed E-state index contributed by atoms with van der Waals surface area (Å²) in [5.41, 5.74) is 1.11. The van der Waals surface area contributed by atoms with Crippen LogP contribution in [-0.2, 0) is 4.79 Å². The monoisotopic (exact) mass is 402 g/mol. The summed E-state index contributed by atoms with van der Waals surface area (Å²) >= 11 is 6.66. The highest BCUT2D eigenvalue weighted by Gasteiger charge is 2.34. The van der Waals surface area contributed by atoms with Gasteiger partial charge >= 0.3 is 0 Å². The quantitative estimate of drug-likeness (QED) is 0.747. The third kappa shape index (κ3) is 4.50. The average Bonchev–Trinajstić information content (AvgIpc) is 2.92. The molecule has 2 aromatic carbocycles. The zero-order valence-electron chi connectivity index (χ0n) is 14.0. The van der Waals surface area contributed by atoms with Gasteiger partial charge in [0.05, 0.1) is 9.93 Å². The van der Waals surface area contributed by atoms with Crippen LogP contribution in [0.2, 0.25) is 5.02 Å². The fourth-order valence-electron chi connectivity index (χ4n) is 2.42. The number of nitrogens with zero attached hydrogens (tertiary/aromatic N) is 1. The van der Waals surface area contributed by atoms with Gasteiger partial charge in [0.15, 0.2) is 0 Å². The number of amides is 3. The third-order valence-corrected chi connectivity index (χ3v) is 5.01. The number of aromatic hydroxyl groups is 1. The molecular formula is C19H15ClN2O4S. The maximum atomic E-state index is 12.4. The largest absolute Gasteiger partial charge is 0.506 e. The van der Waals surface area contributed by atoms with E-state index in [9.17, 15) is 19.5 Å². The first-order valence-electron chi connectivity index (χ1n) is 8.03. The lowest BCUT2D eigenvalue weighted by Gasteiger charge is -2.13. The number of rotatable bonds is 5. The Labute approximate surface area is 164 Å². The molecule has 2 N–H and O–H groups in total.